The van der Waals surface area contributed by atoms with Crippen molar-refractivity contribution in [3.8, 4) is 11.5 Å². The molecule has 2 aliphatic heterocycles. The first-order valence-corrected chi connectivity index (χ1v) is 14.7. The molecule has 0 aliphatic carbocycles. The molecule has 4 amide bonds. The highest BCUT2D eigenvalue weighted by atomic mass is 19.4. The van der Waals surface area contributed by atoms with Gasteiger partial charge < -0.3 is 52.8 Å². The number of carbonyl (C=O) groups excluding carboxylic acids is 2. The van der Waals surface area contributed by atoms with E-state index in [0.29, 0.717) is 39.0 Å². The van der Waals surface area contributed by atoms with Crippen molar-refractivity contribution in [1.82, 2.24) is 10.6 Å². The SMILES string of the molecule is Nc1cc(C(F)(F)F)cc(NC(=O)Nc2ccc(NC(=O)Nc3cc(C(F)(F)F)cc(N)c3OC3CCNC3)cc2)c1OC1CCNC1. The number of alkyl halides is 6. The van der Waals surface area contributed by atoms with Crippen molar-refractivity contribution in [3.63, 3.8) is 0 Å². The van der Waals surface area contributed by atoms with Crippen LogP contribution in [0.1, 0.15) is 24.0 Å². The van der Waals surface area contributed by atoms with E-state index in [4.69, 9.17) is 20.9 Å². The van der Waals surface area contributed by atoms with E-state index in [1.165, 1.54) is 24.3 Å². The van der Waals surface area contributed by atoms with Gasteiger partial charge in [-0.3, -0.25) is 0 Å². The zero-order chi connectivity index (χ0) is 34.6. The van der Waals surface area contributed by atoms with E-state index in [1.807, 2.05) is 0 Å². The second-order valence-electron chi connectivity index (χ2n) is 11.1. The number of nitrogens with two attached hydrogens (primary N) is 2. The van der Waals surface area contributed by atoms with E-state index >= 15 is 0 Å². The Morgan fingerprint density at radius 3 is 1.33 bits per heavy atom. The molecule has 3 aromatic rings. The van der Waals surface area contributed by atoms with Crippen LogP contribution in [0.5, 0.6) is 11.5 Å². The molecule has 5 rings (SSSR count). The average molecular weight is 683 g/mol. The summed E-state index contributed by atoms with van der Waals surface area (Å²) in [5.74, 6) is -0.207. The van der Waals surface area contributed by atoms with Gasteiger partial charge >= 0.3 is 24.4 Å². The average Bonchev–Trinajstić information content (AvgIpc) is 3.71. The highest BCUT2D eigenvalue weighted by Crippen LogP contribution is 2.41. The highest BCUT2D eigenvalue weighted by Gasteiger charge is 2.34. The number of halogens is 6. The van der Waals surface area contributed by atoms with Crippen LogP contribution in [0.4, 0.5) is 70.1 Å². The topological polar surface area (TPSA) is 177 Å². The van der Waals surface area contributed by atoms with Crippen LogP contribution in [0.15, 0.2) is 48.5 Å². The minimum Gasteiger partial charge on any atom is -0.485 e. The summed E-state index contributed by atoms with van der Waals surface area (Å²) in [6.45, 7) is 2.19. The fourth-order valence-electron chi connectivity index (χ4n) is 5.08. The molecular formula is C30H32F6N8O4. The van der Waals surface area contributed by atoms with Crippen LogP contribution in [-0.4, -0.2) is 50.4 Å². The number of hydrogen-bond acceptors (Lipinski definition) is 8. The zero-order valence-corrected chi connectivity index (χ0v) is 25.1. The number of benzene rings is 3. The number of ether oxygens (including phenoxy) is 2. The van der Waals surface area contributed by atoms with Crippen LogP contribution >= 0.6 is 0 Å². The second kappa shape index (κ2) is 13.9. The van der Waals surface area contributed by atoms with E-state index in [2.05, 4.69) is 31.9 Å². The van der Waals surface area contributed by atoms with Gasteiger partial charge in [-0.15, -0.1) is 0 Å². The summed E-state index contributed by atoms with van der Waals surface area (Å²) in [4.78, 5) is 25.6. The molecule has 12 nitrogen and oxygen atoms in total. The number of nitrogens with one attached hydrogen (secondary N) is 6. The molecule has 3 aromatic carbocycles. The monoisotopic (exact) mass is 682 g/mol. The van der Waals surface area contributed by atoms with Crippen molar-refractivity contribution < 1.29 is 45.4 Å². The molecule has 18 heteroatoms. The van der Waals surface area contributed by atoms with Gasteiger partial charge in [-0.25, -0.2) is 9.59 Å². The molecule has 0 bridgehead atoms. The summed E-state index contributed by atoms with van der Waals surface area (Å²) < 4.78 is 92.5. The standard InChI is InChI=1S/C30H32F6N8O4/c31-29(32,33)15-9-21(37)25(47-19-5-7-39-13-19)23(11-15)43-27(45)41-17-1-2-18(4-3-17)42-28(46)44-24-12-16(30(34,35)36)10-22(38)26(24)48-20-6-8-40-14-20/h1-4,9-12,19-20,39-40H,5-8,13-14,37-38H2,(H2,41,43,45)(H2,42,44,46). The minimum atomic E-state index is -4.74. The highest BCUT2D eigenvalue weighted by molar-refractivity contribution is 6.03. The van der Waals surface area contributed by atoms with E-state index in [9.17, 15) is 35.9 Å². The molecule has 2 atom stereocenters. The van der Waals surface area contributed by atoms with Crippen LogP contribution in [0.3, 0.4) is 0 Å². The summed E-state index contributed by atoms with van der Waals surface area (Å²) in [7, 11) is 0. The number of amides is 4. The van der Waals surface area contributed by atoms with Crippen LogP contribution < -0.4 is 52.8 Å². The van der Waals surface area contributed by atoms with Gasteiger partial charge in [0.1, 0.15) is 12.2 Å². The van der Waals surface area contributed by atoms with Gasteiger partial charge in [0.25, 0.3) is 0 Å². The lowest BCUT2D eigenvalue weighted by molar-refractivity contribution is -0.138. The van der Waals surface area contributed by atoms with Crippen LogP contribution in [0, 0.1) is 0 Å². The third kappa shape index (κ3) is 8.62. The molecule has 2 aliphatic rings. The molecule has 0 radical (unpaired) electrons. The molecule has 2 fully saturated rings. The Morgan fingerprint density at radius 2 is 1.02 bits per heavy atom. The van der Waals surface area contributed by atoms with Crippen LogP contribution in [0.25, 0.3) is 0 Å². The van der Waals surface area contributed by atoms with Gasteiger partial charge in [0.05, 0.1) is 33.9 Å². The number of urea groups is 2. The lowest BCUT2D eigenvalue weighted by Gasteiger charge is -2.21. The molecule has 2 unspecified atom stereocenters. The Bertz CT molecular complexity index is 1520. The van der Waals surface area contributed by atoms with Crippen molar-refractivity contribution in [3.05, 3.63) is 59.7 Å². The maximum absolute atomic E-state index is 13.5. The number of hydrogen-bond donors (Lipinski definition) is 8. The molecule has 0 aromatic heterocycles. The Kier molecular flexibility index (Phi) is 9.95. The predicted molar refractivity (Wildman–Crippen MR) is 167 cm³/mol. The smallest absolute Gasteiger partial charge is 0.416 e. The van der Waals surface area contributed by atoms with E-state index < -0.39 is 35.5 Å². The van der Waals surface area contributed by atoms with Gasteiger partial charge in [0.2, 0.25) is 0 Å². The van der Waals surface area contributed by atoms with Crippen molar-refractivity contribution in [1.29, 1.82) is 0 Å². The van der Waals surface area contributed by atoms with Crippen molar-refractivity contribution in [2.24, 2.45) is 0 Å². The van der Waals surface area contributed by atoms with Gasteiger partial charge in [-0.05, 0) is 74.5 Å². The molecule has 258 valence electrons. The first-order chi connectivity index (χ1) is 22.7. The van der Waals surface area contributed by atoms with Gasteiger partial charge in [-0.1, -0.05) is 0 Å². The normalized spacial score (nSPS) is 17.9. The quantitative estimate of drug-likeness (QED) is 0.111. The summed E-state index contributed by atoms with van der Waals surface area (Å²) in [6, 6.07) is 6.58. The third-order valence-electron chi connectivity index (χ3n) is 7.39. The number of nitrogen functional groups attached to an aromatic ring is 2. The molecule has 0 saturated carbocycles. The summed E-state index contributed by atoms with van der Waals surface area (Å²) in [5.41, 5.74) is 8.80. The largest absolute Gasteiger partial charge is 0.485 e. The Morgan fingerprint density at radius 1 is 0.646 bits per heavy atom. The third-order valence-corrected chi connectivity index (χ3v) is 7.39. The van der Waals surface area contributed by atoms with Crippen molar-refractivity contribution in [2.45, 2.75) is 37.4 Å². The number of anilines is 6. The zero-order valence-electron chi connectivity index (χ0n) is 25.1. The lowest BCUT2D eigenvalue weighted by Crippen LogP contribution is -2.24. The van der Waals surface area contributed by atoms with Crippen LogP contribution in [0.2, 0.25) is 0 Å². The summed E-state index contributed by atoms with van der Waals surface area (Å²) >= 11 is 0. The van der Waals surface area contributed by atoms with Crippen molar-refractivity contribution >= 4 is 46.2 Å². The summed E-state index contributed by atoms with van der Waals surface area (Å²) in [6.07, 6.45) is -9.02. The molecule has 48 heavy (non-hydrogen) atoms. The van der Waals surface area contributed by atoms with Crippen LogP contribution in [-0.2, 0) is 12.4 Å². The van der Waals surface area contributed by atoms with E-state index in [-0.39, 0.29) is 57.8 Å². The van der Waals surface area contributed by atoms with Gasteiger partial charge in [0.15, 0.2) is 11.5 Å². The second-order valence-corrected chi connectivity index (χ2v) is 11.1. The maximum Gasteiger partial charge on any atom is 0.416 e. The first-order valence-electron chi connectivity index (χ1n) is 14.7. The molecule has 0 spiro atoms. The van der Waals surface area contributed by atoms with Gasteiger partial charge in [-0.2, -0.15) is 26.3 Å². The first kappa shape index (κ1) is 34.2. The van der Waals surface area contributed by atoms with E-state index in [0.717, 1.165) is 24.3 Å². The Balaban J connectivity index is 1.25. The fourth-order valence-corrected chi connectivity index (χ4v) is 5.08. The van der Waals surface area contributed by atoms with Gasteiger partial charge in [0, 0.05) is 24.5 Å². The lowest BCUT2D eigenvalue weighted by atomic mass is 10.1. The predicted octanol–water partition coefficient (Wildman–Crippen LogP) is 5.66. The maximum atomic E-state index is 13.5. The molecule has 2 heterocycles. The van der Waals surface area contributed by atoms with Crippen molar-refractivity contribution in [2.75, 3.05) is 58.9 Å². The fraction of sp³-hybridized carbons (Fsp3) is 0.333. The summed E-state index contributed by atoms with van der Waals surface area (Å²) in [5, 5.41) is 15.8. The minimum absolute atomic E-state index is 0.103. The Hall–Kier alpha value is -5.10. The molecule has 2 saturated heterocycles. The molecule has 10 N–H and O–H groups in total. The number of rotatable bonds is 8. The number of carbonyl (C=O) groups is 2. The van der Waals surface area contributed by atoms with E-state index in [1.54, 1.807) is 0 Å². The Labute approximate surface area is 269 Å². The molecular weight excluding hydrogens is 650 g/mol.